The number of pyridine rings is 1. The standard InChI is InChI=1S/C25H22NO/c1-15-12-22(26(4)14-17(15)3)20-13-24-21(11-16(20)2)25-19-8-6-5-7-18(19)9-10-23(25)27-24/h5-14H,1-4H3/q+1/i3D3. The van der Waals surface area contributed by atoms with Gasteiger partial charge in [-0.25, -0.2) is 4.57 Å². The van der Waals surface area contributed by atoms with Crippen LogP contribution in [0.15, 0.2) is 65.2 Å². The van der Waals surface area contributed by atoms with Crippen molar-refractivity contribution in [2.45, 2.75) is 20.7 Å². The predicted molar refractivity (Wildman–Crippen MR) is 112 cm³/mol. The van der Waals surface area contributed by atoms with Crippen molar-refractivity contribution in [2.24, 2.45) is 7.05 Å². The van der Waals surface area contributed by atoms with Gasteiger partial charge in [0, 0.05) is 26.5 Å². The van der Waals surface area contributed by atoms with Crippen LogP contribution in [0.1, 0.15) is 20.8 Å². The molecule has 0 aliphatic rings. The van der Waals surface area contributed by atoms with Crippen LogP contribution in [0.25, 0.3) is 44.0 Å². The summed E-state index contributed by atoms with van der Waals surface area (Å²) >= 11 is 0. The monoisotopic (exact) mass is 355 g/mol. The lowest BCUT2D eigenvalue weighted by Crippen LogP contribution is -2.31. The number of benzene rings is 3. The highest BCUT2D eigenvalue weighted by Gasteiger charge is 2.18. The molecule has 2 nitrogen and oxygen atoms in total. The zero-order chi connectivity index (χ0) is 21.2. The van der Waals surface area contributed by atoms with Crippen molar-refractivity contribution < 1.29 is 13.1 Å². The molecule has 2 aromatic heterocycles. The van der Waals surface area contributed by atoms with Crippen molar-refractivity contribution in [3.63, 3.8) is 0 Å². The van der Waals surface area contributed by atoms with E-state index in [2.05, 4.69) is 43.3 Å². The SMILES string of the molecule is [2H]C([2H])([2H])c1c[n+](C)c(-c2cc3oc4ccc5ccccc5c4c3cc2C)cc1C. The van der Waals surface area contributed by atoms with Gasteiger partial charge in [0.25, 0.3) is 0 Å². The maximum Gasteiger partial charge on any atom is 0.212 e. The Hall–Kier alpha value is -3.13. The Morgan fingerprint density at radius 1 is 0.852 bits per heavy atom. The van der Waals surface area contributed by atoms with Crippen LogP contribution in [0.2, 0.25) is 0 Å². The van der Waals surface area contributed by atoms with Crippen LogP contribution in [-0.4, -0.2) is 0 Å². The van der Waals surface area contributed by atoms with Crippen LogP contribution in [0.5, 0.6) is 0 Å². The van der Waals surface area contributed by atoms with E-state index in [9.17, 15) is 0 Å². The van der Waals surface area contributed by atoms with Crippen LogP contribution in [-0.2, 0) is 7.05 Å². The summed E-state index contributed by atoms with van der Waals surface area (Å²) in [6, 6.07) is 18.7. The van der Waals surface area contributed by atoms with Crippen LogP contribution >= 0.6 is 0 Å². The maximum atomic E-state index is 7.77. The highest BCUT2D eigenvalue weighted by Crippen LogP contribution is 2.37. The van der Waals surface area contributed by atoms with Gasteiger partial charge in [-0.2, -0.15) is 0 Å². The molecule has 0 fully saturated rings. The molecular formula is C25H22NO+. The van der Waals surface area contributed by atoms with E-state index in [-0.39, 0.29) is 0 Å². The van der Waals surface area contributed by atoms with Crippen molar-refractivity contribution in [1.29, 1.82) is 0 Å². The second kappa shape index (κ2) is 5.68. The molecule has 5 rings (SSSR count). The average Bonchev–Trinajstić information content (AvgIpc) is 3.06. The molecule has 0 N–H and O–H groups in total. The summed E-state index contributed by atoms with van der Waals surface area (Å²) in [5.74, 6) is 0. The molecule has 2 heteroatoms. The van der Waals surface area contributed by atoms with Crippen molar-refractivity contribution in [3.05, 3.63) is 77.5 Å². The molecule has 0 atom stereocenters. The summed E-state index contributed by atoms with van der Waals surface area (Å²) in [5, 5.41) is 4.61. The van der Waals surface area contributed by atoms with Gasteiger partial charge < -0.3 is 4.42 Å². The molecule has 0 saturated heterocycles. The third kappa shape index (κ3) is 2.37. The Bertz CT molecular complexity index is 1460. The van der Waals surface area contributed by atoms with Gasteiger partial charge in [-0.15, -0.1) is 0 Å². The molecule has 0 bridgehead atoms. The first-order chi connectivity index (χ1) is 14.2. The fourth-order valence-electron chi connectivity index (χ4n) is 3.99. The minimum atomic E-state index is -2.13. The third-order valence-corrected chi connectivity index (χ3v) is 5.46. The average molecular weight is 355 g/mol. The van der Waals surface area contributed by atoms with Crippen molar-refractivity contribution >= 4 is 32.7 Å². The number of fused-ring (bicyclic) bond motifs is 5. The van der Waals surface area contributed by atoms with Gasteiger partial charge >= 0.3 is 0 Å². The van der Waals surface area contributed by atoms with E-state index >= 15 is 0 Å². The molecule has 132 valence electrons. The Balaban J connectivity index is 1.78. The summed E-state index contributed by atoms with van der Waals surface area (Å²) in [5.41, 5.74) is 5.97. The summed E-state index contributed by atoms with van der Waals surface area (Å²) in [6.45, 7) is 1.82. The van der Waals surface area contributed by atoms with Crippen LogP contribution in [0, 0.1) is 20.7 Å². The number of furan rings is 1. The first-order valence-corrected chi connectivity index (χ1v) is 9.10. The molecule has 0 unspecified atom stereocenters. The highest BCUT2D eigenvalue weighted by molar-refractivity contribution is 6.19. The maximum absolute atomic E-state index is 7.77. The first kappa shape index (κ1) is 13.1. The second-order valence-corrected chi connectivity index (χ2v) is 7.29. The van der Waals surface area contributed by atoms with E-state index in [0.717, 1.165) is 44.3 Å². The zero-order valence-electron chi connectivity index (χ0n) is 18.6. The van der Waals surface area contributed by atoms with Gasteiger partial charge in [-0.1, -0.05) is 30.3 Å². The van der Waals surface area contributed by atoms with Gasteiger partial charge in [-0.3, -0.25) is 0 Å². The van der Waals surface area contributed by atoms with Crippen molar-refractivity contribution in [2.75, 3.05) is 0 Å². The topological polar surface area (TPSA) is 17.0 Å². The number of hydrogen-bond acceptors (Lipinski definition) is 1. The minimum absolute atomic E-state index is 0.377. The summed E-state index contributed by atoms with van der Waals surface area (Å²) in [7, 11) is 1.89. The Labute approximate surface area is 162 Å². The molecule has 5 aromatic rings. The van der Waals surface area contributed by atoms with Crippen LogP contribution in [0.4, 0.5) is 0 Å². The van der Waals surface area contributed by atoms with Gasteiger partial charge in [0.1, 0.15) is 18.2 Å². The zero-order valence-corrected chi connectivity index (χ0v) is 15.6. The van der Waals surface area contributed by atoms with Gasteiger partial charge in [0.2, 0.25) is 5.69 Å². The molecule has 0 spiro atoms. The summed E-state index contributed by atoms with van der Waals surface area (Å²) in [4.78, 5) is 0. The number of nitrogens with zero attached hydrogens (tertiary/aromatic N) is 1. The molecule has 0 aliphatic carbocycles. The van der Waals surface area contributed by atoms with Crippen LogP contribution in [0.3, 0.4) is 0 Å². The van der Waals surface area contributed by atoms with E-state index in [1.165, 1.54) is 10.8 Å². The van der Waals surface area contributed by atoms with E-state index < -0.39 is 6.85 Å². The number of aryl methyl sites for hydroxylation is 4. The molecule has 3 aromatic carbocycles. The molecule has 2 heterocycles. The predicted octanol–water partition coefficient (Wildman–Crippen LogP) is 6.16. The van der Waals surface area contributed by atoms with E-state index in [1.807, 2.05) is 36.7 Å². The van der Waals surface area contributed by atoms with Crippen molar-refractivity contribution in [1.82, 2.24) is 0 Å². The van der Waals surface area contributed by atoms with Gasteiger partial charge in [0.05, 0.1) is 5.56 Å². The van der Waals surface area contributed by atoms with E-state index in [0.29, 0.717) is 5.56 Å². The molecule has 0 aliphatic heterocycles. The molecule has 27 heavy (non-hydrogen) atoms. The fraction of sp³-hybridized carbons (Fsp3) is 0.160. The van der Waals surface area contributed by atoms with E-state index in [1.54, 1.807) is 6.20 Å². The lowest BCUT2D eigenvalue weighted by Gasteiger charge is -2.07. The number of hydrogen-bond donors (Lipinski definition) is 0. The quantitative estimate of drug-likeness (QED) is 0.329. The molecule has 0 amide bonds. The van der Waals surface area contributed by atoms with Gasteiger partial charge in [-0.05, 0) is 60.8 Å². The summed E-state index contributed by atoms with van der Waals surface area (Å²) in [6.07, 6.45) is 1.72. The van der Waals surface area contributed by atoms with Gasteiger partial charge in [0.15, 0.2) is 6.20 Å². The molecule has 0 radical (unpaired) electrons. The molecule has 0 saturated carbocycles. The molecular weight excluding hydrogens is 330 g/mol. The van der Waals surface area contributed by atoms with Crippen molar-refractivity contribution in [3.8, 4) is 11.3 Å². The fourth-order valence-corrected chi connectivity index (χ4v) is 3.99. The first-order valence-electron chi connectivity index (χ1n) is 10.6. The van der Waals surface area contributed by atoms with E-state index in [4.69, 9.17) is 8.53 Å². The largest absolute Gasteiger partial charge is 0.456 e. The minimum Gasteiger partial charge on any atom is -0.456 e. The lowest BCUT2D eigenvalue weighted by molar-refractivity contribution is -0.660. The third-order valence-electron chi connectivity index (χ3n) is 5.46. The Kier molecular flexibility index (Phi) is 2.76. The Morgan fingerprint density at radius 3 is 2.56 bits per heavy atom. The normalized spacial score (nSPS) is 13.8. The lowest BCUT2D eigenvalue weighted by atomic mass is 9.98. The Morgan fingerprint density at radius 2 is 1.70 bits per heavy atom. The van der Waals surface area contributed by atoms with Crippen LogP contribution < -0.4 is 4.57 Å². The smallest absolute Gasteiger partial charge is 0.212 e. The highest BCUT2D eigenvalue weighted by atomic mass is 16.3. The summed E-state index contributed by atoms with van der Waals surface area (Å²) < 4.78 is 31.4. The second-order valence-electron chi connectivity index (χ2n) is 7.29. The number of rotatable bonds is 1. The number of aromatic nitrogens is 1.